The van der Waals surface area contributed by atoms with Gasteiger partial charge in [-0.05, 0) is 57.2 Å². The molecule has 1 saturated heterocycles. The van der Waals surface area contributed by atoms with Crippen LogP contribution < -0.4 is 5.32 Å². The van der Waals surface area contributed by atoms with Crippen LogP contribution >= 0.6 is 11.3 Å². The number of hydrogen-bond donors (Lipinski definition) is 1. The highest BCUT2D eigenvalue weighted by molar-refractivity contribution is 7.14. The average molecular weight is 490 g/mol. The van der Waals surface area contributed by atoms with Gasteiger partial charge in [-0.3, -0.25) is 15.0 Å². The van der Waals surface area contributed by atoms with Crippen LogP contribution in [0.15, 0.2) is 58.3 Å². The van der Waals surface area contributed by atoms with Crippen LogP contribution in [0.3, 0.4) is 0 Å². The molecule has 1 aliphatic rings. The highest BCUT2D eigenvalue weighted by Crippen LogP contribution is 2.25. The van der Waals surface area contributed by atoms with E-state index in [4.69, 9.17) is 9.15 Å². The molecule has 1 aliphatic heterocycles. The van der Waals surface area contributed by atoms with Crippen molar-refractivity contribution >= 4 is 22.4 Å². The maximum absolute atomic E-state index is 12.7. The fourth-order valence-electron chi connectivity index (χ4n) is 4.25. The molecule has 1 amide bonds. The summed E-state index contributed by atoms with van der Waals surface area (Å²) in [7, 11) is 0. The Labute approximate surface area is 208 Å². The van der Waals surface area contributed by atoms with Gasteiger partial charge in [0, 0.05) is 41.7 Å². The highest BCUT2D eigenvalue weighted by atomic mass is 32.1. The van der Waals surface area contributed by atoms with Crippen LogP contribution in [0, 0.1) is 6.92 Å². The van der Waals surface area contributed by atoms with Crippen LogP contribution in [0.5, 0.6) is 0 Å². The quantitative estimate of drug-likeness (QED) is 0.406. The van der Waals surface area contributed by atoms with E-state index in [2.05, 4.69) is 39.2 Å². The molecular weight excluding hydrogens is 462 g/mol. The molecule has 4 aromatic rings. The first-order chi connectivity index (χ1) is 16.9. The van der Waals surface area contributed by atoms with Crippen molar-refractivity contribution in [2.45, 2.75) is 39.5 Å². The van der Waals surface area contributed by atoms with Crippen molar-refractivity contribution in [3.63, 3.8) is 0 Å². The number of aromatic nitrogens is 3. The zero-order valence-corrected chi connectivity index (χ0v) is 20.7. The Morgan fingerprint density at radius 1 is 1.06 bits per heavy atom. The molecule has 35 heavy (non-hydrogen) atoms. The molecule has 1 N–H and O–H groups in total. The monoisotopic (exact) mass is 489 g/mol. The summed E-state index contributed by atoms with van der Waals surface area (Å²) in [6, 6.07) is 15.0. The standard InChI is InChI=1S/C26H27N5O3S/c1-16-5-4-6-21(11-16)25-30-29-24(34-25)20-9-7-19(8-10-20)23(32)28-26-27-22(15-35-26)14-31-12-17(2)33-18(3)13-31/h4-11,15,17-18H,12-14H2,1-3H3,(H,27,28,32). The van der Waals surface area contributed by atoms with Gasteiger partial charge in [-0.1, -0.05) is 17.7 Å². The summed E-state index contributed by atoms with van der Waals surface area (Å²) in [4.78, 5) is 19.7. The summed E-state index contributed by atoms with van der Waals surface area (Å²) in [5.41, 5.74) is 4.22. The molecule has 180 valence electrons. The van der Waals surface area contributed by atoms with Gasteiger partial charge < -0.3 is 9.15 Å². The number of nitrogens with one attached hydrogen (secondary N) is 1. The van der Waals surface area contributed by atoms with Gasteiger partial charge in [0.15, 0.2) is 5.13 Å². The summed E-state index contributed by atoms with van der Waals surface area (Å²) in [5, 5.41) is 13.8. The number of amides is 1. The number of anilines is 1. The van der Waals surface area contributed by atoms with E-state index >= 15 is 0 Å². The lowest BCUT2D eigenvalue weighted by Crippen LogP contribution is -2.44. The molecule has 2 unspecified atom stereocenters. The van der Waals surface area contributed by atoms with Crippen LogP contribution in [-0.2, 0) is 11.3 Å². The molecule has 0 spiro atoms. The Morgan fingerprint density at radius 2 is 1.77 bits per heavy atom. The summed E-state index contributed by atoms with van der Waals surface area (Å²) in [6.45, 7) is 8.69. The predicted molar refractivity (Wildman–Crippen MR) is 135 cm³/mol. The molecule has 9 heteroatoms. The minimum atomic E-state index is -0.211. The number of morpholine rings is 1. The second-order valence-corrected chi connectivity index (χ2v) is 9.77. The van der Waals surface area contributed by atoms with Crippen molar-refractivity contribution in [1.29, 1.82) is 0 Å². The van der Waals surface area contributed by atoms with Crippen LogP contribution in [0.2, 0.25) is 0 Å². The molecular formula is C26H27N5O3S. The van der Waals surface area contributed by atoms with E-state index in [-0.39, 0.29) is 18.1 Å². The van der Waals surface area contributed by atoms with Gasteiger partial charge in [0.2, 0.25) is 11.8 Å². The number of carbonyl (C=O) groups excluding carboxylic acids is 1. The molecule has 1 fully saturated rings. The largest absolute Gasteiger partial charge is 0.416 e. The maximum Gasteiger partial charge on any atom is 0.257 e. The molecule has 2 atom stereocenters. The Morgan fingerprint density at radius 3 is 2.49 bits per heavy atom. The fraction of sp³-hybridized carbons (Fsp3) is 0.308. The topological polar surface area (TPSA) is 93.4 Å². The first kappa shape index (κ1) is 23.3. The van der Waals surface area contributed by atoms with Crippen molar-refractivity contribution in [1.82, 2.24) is 20.1 Å². The normalized spacial score (nSPS) is 18.5. The van der Waals surface area contributed by atoms with Gasteiger partial charge in [0.05, 0.1) is 17.9 Å². The Balaban J connectivity index is 1.21. The number of thiazole rings is 1. The molecule has 2 aromatic carbocycles. The number of hydrogen-bond acceptors (Lipinski definition) is 8. The van der Waals surface area contributed by atoms with Crippen molar-refractivity contribution in [3.05, 3.63) is 70.7 Å². The number of aryl methyl sites for hydroxylation is 1. The summed E-state index contributed by atoms with van der Waals surface area (Å²) < 4.78 is 11.6. The maximum atomic E-state index is 12.7. The first-order valence-electron chi connectivity index (χ1n) is 11.6. The van der Waals surface area contributed by atoms with Crippen LogP contribution in [0.25, 0.3) is 22.9 Å². The molecule has 2 aromatic heterocycles. The number of ether oxygens (including phenoxy) is 1. The van der Waals surface area contributed by atoms with Gasteiger partial charge in [0.25, 0.3) is 5.91 Å². The molecule has 5 rings (SSSR count). The molecule has 3 heterocycles. The summed E-state index contributed by atoms with van der Waals surface area (Å²) in [5.74, 6) is 0.660. The van der Waals surface area contributed by atoms with Crippen LogP contribution in [0.4, 0.5) is 5.13 Å². The van der Waals surface area contributed by atoms with Gasteiger partial charge in [-0.25, -0.2) is 4.98 Å². The second kappa shape index (κ2) is 10.1. The van der Waals surface area contributed by atoms with Crippen molar-refractivity contribution in [3.8, 4) is 22.9 Å². The minimum absolute atomic E-state index is 0.209. The minimum Gasteiger partial charge on any atom is -0.416 e. The Bertz CT molecular complexity index is 1310. The molecule has 0 saturated carbocycles. The molecule has 0 aliphatic carbocycles. The highest BCUT2D eigenvalue weighted by Gasteiger charge is 2.23. The summed E-state index contributed by atoms with van der Waals surface area (Å²) in [6.07, 6.45) is 0.418. The number of carbonyl (C=O) groups is 1. The second-order valence-electron chi connectivity index (χ2n) is 8.91. The van der Waals surface area contributed by atoms with E-state index in [0.717, 1.165) is 42.0 Å². The average Bonchev–Trinajstić information content (AvgIpc) is 3.48. The zero-order chi connectivity index (χ0) is 24.4. The van der Waals surface area contributed by atoms with Gasteiger partial charge in [0.1, 0.15) is 0 Å². The zero-order valence-electron chi connectivity index (χ0n) is 19.9. The number of benzene rings is 2. The van der Waals surface area contributed by atoms with E-state index in [9.17, 15) is 4.79 Å². The molecule has 0 bridgehead atoms. The van der Waals surface area contributed by atoms with E-state index in [1.807, 2.05) is 36.6 Å². The van der Waals surface area contributed by atoms with Gasteiger partial charge in [-0.15, -0.1) is 21.5 Å². The number of nitrogens with zero attached hydrogens (tertiary/aromatic N) is 4. The lowest BCUT2D eigenvalue weighted by atomic mass is 10.1. The third-order valence-corrected chi connectivity index (χ3v) is 6.54. The van der Waals surface area contributed by atoms with Crippen LogP contribution in [-0.4, -0.2) is 51.3 Å². The summed E-state index contributed by atoms with van der Waals surface area (Å²) >= 11 is 1.43. The molecule has 8 nitrogen and oxygen atoms in total. The third-order valence-electron chi connectivity index (χ3n) is 5.74. The lowest BCUT2D eigenvalue weighted by Gasteiger charge is -2.34. The van der Waals surface area contributed by atoms with Crippen molar-refractivity contribution in [2.24, 2.45) is 0 Å². The SMILES string of the molecule is Cc1cccc(-c2nnc(-c3ccc(C(=O)Nc4nc(CN5CC(C)OC(C)C5)cs4)cc3)o2)c1. The van der Waals surface area contributed by atoms with Crippen LogP contribution in [0.1, 0.15) is 35.5 Å². The molecule has 0 radical (unpaired) electrons. The van der Waals surface area contributed by atoms with Crippen molar-refractivity contribution in [2.75, 3.05) is 18.4 Å². The van der Waals surface area contributed by atoms with Crippen molar-refractivity contribution < 1.29 is 13.9 Å². The van der Waals surface area contributed by atoms with E-state index < -0.39 is 0 Å². The predicted octanol–water partition coefficient (Wildman–Crippen LogP) is 5.03. The van der Waals surface area contributed by atoms with E-state index in [0.29, 0.717) is 22.5 Å². The lowest BCUT2D eigenvalue weighted by molar-refractivity contribution is -0.0707. The Kier molecular flexibility index (Phi) is 6.72. The first-order valence-corrected chi connectivity index (χ1v) is 12.5. The van der Waals surface area contributed by atoms with Gasteiger partial charge >= 0.3 is 0 Å². The smallest absolute Gasteiger partial charge is 0.257 e. The Hall–Kier alpha value is -3.40. The third kappa shape index (κ3) is 5.64. The van der Waals surface area contributed by atoms with Gasteiger partial charge in [-0.2, -0.15) is 0 Å². The fourth-order valence-corrected chi connectivity index (χ4v) is 4.94. The number of rotatable bonds is 6. The van der Waals surface area contributed by atoms with E-state index in [1.54, 1.807) is 24.3 Å². The van der Waals surface area contributed by atoms with E-state index in [1.165, 1.54) is 11.3 Å².